The maximum absolute atomic E-state index is 11.2. The van der Waals surface area contributed by atoms with Crippen LogP contribution in [0.2, 0.25) is 0 Å². The van der Waals surface area contributed by atoms with Gasteiger partial charge in [0, 0.05) is 0 Å². The first kappa shape index (κ1) is 20.1. The van der Waals surface area contributed by atoms with Crippen molar-refractivity contribution in [3.63, 3.8) is 0 Å². The van der Waals surface area contributed by atoms with Crippen LogP contribution in [-0.4, -0.2) is 23.4 Å². The molecule has 1 aliphatic heterocycles. The molecule has 2 aromatic rings. The van der Waals surface area contributed by atoms with Crippen molar-refractivity contribution in [3.8, 4) is 0 Å². The molecule has 0 aliphatic carbocycles. The third-order valence-electron chi connectivity index (χ3n) is 6.11. The average molecular weight is 366 g/mol. The van der Waals surface area contributed by atoms with Gasteiger partial charge in [0.1, 0.15) is 5.60 Å². The number of hydrogen-bond acceptors (Lipinski definition) is 3. The molecule has 2 aromatic carbocycles. The van der Waals surface area contributed by atoms with Gasteiger partial charge in [-0.3, -0.25) is 0 Å². The summed E-state index contributed by atoms with van der Waals surface area (Å²) in [6, 6.07) is 16.1. The van der Waals surface area contributed by atoms with Crippen LogP contribution in [0.3, 0.4) is 0 Å². The van der Waals surface area contributed by atoms with Crippen molar-refractivity contribution in [2.24, 2.45) is 0 Å². The Morgan fingerprint density at radius 3 is 1.96 bits per heavy atom. The Kier molecular flexibility index (Phi) is 5.05. The van der Waals surface area contributed by atoms with Crippen LogP contribution in [0.4, 0.5) is 0 Å². The van der Waals surface area contributed by atoms with Crippen LogP contribution in [-0.2, 0) is 14.9 Å². The molecule has 144 valence electrons. The molecule has 1 atom stereocenters. The molecule has 1 heterocycles. The number of hydrogen-bond donors (Lipinski definition) is 1. The molecule has 0 bridgehead atoms. The summed E-state index contributed by atoms with van der Waals surface area (Å²) >= 11 is 0. The molecule has 3 rings (SSSR count). The van der Waals surface area contributed by atoms with Crippen molar-refractivity contribution in [1.29, 1.82) is 0 Å². The van der Waals surface area contributed by atoms with Crippen molar-refractivity contribution in [2.75, 3.05) is 0 Å². The van der Waals surface area contributed by atoms with Crippen LogP contribution >= 0.6 is 0 Å². The standard InChI is InChI=1S/C23H31BO3/c1-16(2)17-9-8-10-19(15-17)23(7,25)18-11-13-20(14-12-18)24-26-21(3,4)22(5,6)27-24/h8-16,25H,1-7H3. The Morgan fingerprint density at radius 1 is 0.889 bits per heavy atom. The van der Waals surface area contributed by atoms with E-state index in [-0.39, 0.29) is 11.2 Å². The molecule has 0 saturated carbocycles. The van der Waals surface area contributed by atoms with Gasteiger partial charge < -0.3 is 14.4 Å². The second kappa shape index (κ2) is 6.77. The van der Waals surface area contributed by atoms with Crippen LogP contribution < -0.4 is 5.46 Å². The van der Waals surface area contributed by atoms with Gasteiger partial charge >= 0.3 is 7.12 Å². The molecule has 3 nitrogen and oxygen atoms in total. The minimum absolute atomic E-state index is 0.362. The normalized spacial score (nSPS) is 20.7. The van der Waals surface area contributed by atoms with E-state index in [0.29, 0.717) is 5.92 Å². The van der Waals surface area contributed by atoms with Gasteiger partial charge in [0.15, 0.2) is 0 Å². The van der Waals surface area contributed by atoms with Crippen molar-refractivity contribution >= 4 is 12.6 Å². The monoisotopic (exact) mass is 366 g/mol. The fourth-order valence-corrected chi connectivity index (χ4v) is 3.31. The zero-order valence-electron chi connectivity index (χ0n) is 17.5. The Bertz CT molecular complexity index is 791. The highest BCUT2D eigenvalue weighted by atomic mass is 16.7. The van der Waals surface area contributed by atoms with Gasteiger partial charge in [-0.2, -0.15) is 0 Å². The summed E-state index contributed by atoms with van der Waals surface area (Å²) in [6.45, 7) is 14.4. The second-order valence-electron chi connectivity index (χ2n) is 9.06. The Balaban J connectivity index is 1.86. The Morgan fingerprint density at radius 2 is 1.44 bits per heavy atom. The molecule has 27 heavy (non-hydrogen) atoms. The lowest BCUT2D eigenvalue weighted by Gasteiger charge is -2.32. The van der Waals surface area contributed by atoms with Gasteiger partial charge in [0.05, 0.1) is 11.2 Å². The highest BCUT2D eigenvalue weighted by Gasteiger charge is 2.51. The number of aliphatic hydroxyl groups is 1. The smallest absolute Gasteiger partial charge is 0.399 e. The predicted molar refractivity (Wildman–Crippen MR) is 111 cm³/mol. The molecular weight excluding hydrogens is 335 g/mol. The van der Waals surface area contributed by atoms with E-state index in [1.165, 1.54) is 5.56 Å². The Hall–Kier alpha value is -1.62. The zero-order valence-corrected chi connectivity index (χ0v) is 17.5. The van der Waals surface area contributed by atoms with Gasteiger partial charge in [-0.25, -0.2) is 0 Å². The van der Waals surface area contributed by atoms with E-state index in [1.54, 1.807) is 0 Å². The average Bonchev–Trinajstić information content (AvgIpc) is 2.83. The molecule has 0 aromatic heterocycles. The minimum Gasteiger partial charge on any atom is -0.399 e. The van der Waals surface area contributed by atoms with Crippen molar-refractivity contribution in [1.82, 2.24) is 0 Å². The largest absolute Gasteiger partial charge is 0.494 e. The summed E-state index contributed by atoms with van der Waals surface area (Å²) in [7, 11) is -0.390. The van der Waals surface area contributed by atoms with Gasteiger partial charge in [0.25, 0.3) is 0 Å². The van der Waals surface area contributed by atoms with E-state index in [0.717, 1.165) is 16.6 Å². The molecular formula is C23H31BO3. The van der Waals surface area contributed by atoms with E-state index < -0.39 is 12.7 Å². The van der Waals surface area contributed by atoms with E-state index in [1.807, 2.05) is 71.0 Å². The van der Waals surface area contributed by atoms with E-state index >= 15 is 0 Å². The molecule has 1 saturated heterocycles. The summed E-state index contributed by atoms with van der Waals surface area (Å²) in [4.78, 5) is 0. The highest BCUT2D eigenvalue weighted by Crippen LogP contribution is 2.37. The summed E-state index contributed by atoms with van der Waals surface area (Å²) in [5, 5.41) is 11.2. The highest BCUT2D eigenvalue weighted by molar-refractivity contribution is 6.62. The Labute approximate surface area is 163 Å². The van der Waals surface area contributed by atoms with Crippen LogP contribution in [0.25, 0.3) is 0 Å². The first-order valence-electron chi connectivity index (χ1n) is 9.73. The molecule has 1 aliphatic rings. The fraction of sp³-hybridized carbons (Fsp3) is 0.478. The SMILES string of the molecule is CC(C)c1cccc(C(C)(O)c2ccc(B3OC(C)(C)C(C)(C)O3)cc2)c1. The van der Waals surface area contributed by atoms with E-state index in [4.69, 9.17) is 9.31 Å². The first-order valence-corrected chi connectivity index (χ1v) is 9.73. The van der Waals surface area contributed by atoms with Crippen LogP contribution in [0, 0.1) is 0 Å². The molecule has 1 unspecified atom stereocenters. The summed E-state index contributed by atoms with van der Waals surface area (Å²) in [5.41, 5.74) is 2.16. The lowest BCUT2D eigenvalue weighted by molar-refractivity contribution is 0.00578. The fourth-order valence-electron chi connectivity index (χ4n) is 3.31. The van der Waals surface area contributed by atoms with Crippen molar-refractivity contribution < 1.29 is 14.4 Å². The maximum Gasteiger partial charge on any atom is 0.494 e. The van der Waals surface area contributed by atoms with Crippen molar-refractivity contribution in [3.05, 3.63) is 65.2 Å². The summed E-state index contributed by atoms with van der Waals surface area (Å²) in [5.74, 6) is 0.423. The van der Waals surface area contributed by atoms with Gasteiger partial charge in [-0.1, -0.05) is 62.4 Å². The second-order valence-corrected chi connectivity index (χ2v) is 9.06. The first-order chi connectivity index (χ1) is 12.4. The lowest BCUT2D eigenvalue weighted by Crippen LogP contribution is -2.41. The lowest BCUT2D eigenvalue weighted by atomic mass is 9.77. The molecule has 4 heteroatoms. The summed E-state index contributed by atoms with van der Waals surface area (Å²) < 4.78 is 12.2. The van der Waals surface area contributed by atoms with Gasteiger partial charge in [-0.15, -0.1) is 0 Å². The van der Waals surface area contributed by atoms with Crippen LogP contribution in [0.5, 0.6) is 0 Å². The molecule has 1 fully saturated rings. The quantitative estimate of drug-likeness (QED) is 0.817. The van der Waals surface area contributed by atoms with Crippen molar-refractivity contribution in [2.45, 2.75) is 71.2 Å². The van der Waals surface area contributed by atoms with Gasteiger partial charge in [-0.05, 0) is 62.7 Å². The molecule has 0 spiro atoms. The zero-order chi connectivity index (χ0) is 20.0. The number of rotatable bonds is 4. The topological polar surface area (TPSA) is 38.7 Å². The third-order valence-corrected chi connectivity index (χ3v) is 6.11. The molecule has 1 N–H and O–H groups in total. The van der Waals surface area contributed by atoms with Crippen LogP contribution in [0.15, 0.2) is 48.5 Å². The van der Waals surface area contributed by atoms with Crippen LogP contribution in [0.1, 0.15) is 71.1 Å². The predicted octanol–water partition coefficient (Wildman–Crippen LogP) is 4.37. The van der Waals surface area contributed by atoms with E-state index in [9.17, 15) is 5.11 Å². The van der Waals surface area contributed by atoms with E-state index in [2.05, 4.69) is 26.0 Å². The molecule has 0 amide bonds. The third kappa shape index (κ3) is 3.71. The minimum atomic E-state index is -1.06. The number of benzene rings is 2. The molecule has 0 radical (unpaired) electrons. The summed E-state index contributed by atoms with van der Waals surface area (Å²) in [6.07, 6.45) is 0. The maximum atomic E-state index is 11.2. The van der Waals surface area contributed by atoms with Gasteiger partial charge in [0.2, 0.25) is 0 Å².